The number of carbonyl (C=O) groups is 1. The van der Waals surface area contributed by atoms with Crippen LogP contribution in [0.5, 0.6) is 17.2 Å². The third-order valence-electron chi connectivity index (χ3n) is 2.93. The van der Waals surface area contributed by atoms with Gasteiger partial charge in [-0.15, -0.1) is 0 Å². The Bertz CT molecular complexity index is 459. The third-order valence-corrected chi connectivity index (χ3v) is 2.93. The zero-order chi connectivity index (χ0) is 14.4. The topological polar surface area (TPSA) is 68.8 Å². The van der Waals surface area contributed by atoms with Crippen molar-refractivity contribution < 1.29 is 19.0 Å². The highest BCUT2D eigenvalue weighted by Crippen LogP contribution is 2.40. The van der Waals surface area contributed by atoms with Gasteiger partial charge in [0.2, 0.25) is 5.75 Å². The van der Waals surface area contributed by atoms with Gasteiger partial charge in [-0.2, -0.15) is 0 Å². The van der Waals surface area contributed by atoms with Gasteiger partial charge in [-0.1, -0.05) is 6.92 Å². The highest BCUT2D eigenvalue weighted by molar-refractivity contribution is 5.95. The first-order chi connectivity index (χ1) is 9.76. The molecule has 6 nitrogen and oxygen atoms in total. The fourth-order valence-corrected chi connectivity index (χ4v) is 1.95. The van der Waals surface area contributed by atoms with Crippen molar-refractivity contribution in [3.63, 3.8) is 0 Å². The fraction of sp³-hybridized carbons (Fsp3) is 0.500. The lowest BCUT2D eigenvalue weighted by Gasteiger charge is -2.21. The monoisotopic (exact) mass is 280 g/mol. The van der Waals surface area contributed by atoms with E-state index in [1.165, 1.54) is 0 Å². The molecule has 0 atom stereocenters. The van der Waals surface area contributed by atoms with E-state index < -0.39 is 0 Å². The summed E-state index contributed by atoms with van der Waals surface area (Å²) in [6.07, 6.45) is 0. The van der Waals surface area contributed by atoms with Crippen LogP contribution in [-0.2, 0) is 0 Å². The first kappa shape index (κ1) is 14.5. The number of amides is 1. The Labute approximate surface area is 118 Å². The van der Waals surface area contributed by atoms with E-state index in [9.17, 15) is 4.79 Å². The van der Waals surface area contributed by atoms with Crippen LogP contribution in [0.25, 0.3) is 0 Å². The summed E-state index contributed by atoms with van der Waals surface area (Å²) in [6, 6.07) is 3.34. The van der Waals surface area contributed by atoms with Crippen molar-refractivity contribution in [3.05, 3.63) is 17.7 Å². The first-order valence-electron chi connectivity index (χ1n) is 6.72. The zero-order valence-corrected chi connectivity index (χ0v) is 11.8. The number of hydrogen-bond acceptors (Lipinski definition) is 5. The zero-order valence-electron chi connectivity index (χ0n) is 11.8. The van der Waals surface area contributed by atoms with Crippen molar-refractivity contribution in [1.29, 1.82) is 0 Å². The van der Waals surface area contributed by atoms with Crippen LogP contribution in [0.1, 0.15) is 17.3 Å². The summed E-state index contributed by atoms with van der Waals surface area (Å²) in [5.74, 6) is 1.47. The molecule has 0 spiro atoms. The van der Waals surface area contributed by atoms with Crippen LogP contribution in [0.15, 0.2) is 12.1 Å². The molecule has 0 aliphatic carbocycles. The lowest BCUT2D eigenvalue weighted by molar-refractivity contribution is 0.0952. The van der Waals surface area contributed by atoms with Crippen LogP contribution in [0.3, 0.4) is 0 Å². The molecule has 0 radical (unpaired) electrons. The molecule has 0 fully saturated rings. The Morgan fingerprint density at radius 1 is 1.30 bits per heavy atom. The number of nitrogens with one attached hydrogen (secondary N) is 2. The van der Waals surface area contributed by atoms with Gasteiger partial charge in [0.1, 0.15) is 13.2 Å². The second kappa shape index (κ2) is 7.00. The Kier molecular flexibility index (Phi) is 5.06. The van der Waals surface area contributed by atoms with Crippen LogP contribution in [0.4, 0.5) is 0 Å². The van der Waals surface area contributed by atoms with Crippen molar-refractivity contribution in [2.45, 2.75) is 6.92 Å². The van der Waals surface area contributed by atoms with E-state index in [1.807, 2.05) is 6.92 Å². The molecule has 1 aliphatic heterocycles. The fourth-order valence-electron chi connectivity index (χ4n) is 1.95. The molecule has 1 amide bonds. The van der Waals surface area contributed by atoms with E-state index >= 15 is 0 Å². The van der Waals surface area contributed by atoms with Gasteiger partial charge in [-0.05, 0) is 18.7 Å². The minimum Gasteiger partial charge on any atom is -0.493 e. The molecule has 1 aliphatic rings. The molecule has 1 heterocycles. The van der Waals surface area contributed by atoms with Gasteiger partial charge in [0.15, 0.2) is 11.5 Å². The number of likely N-dealkylation sites (N-methyl/N-ethyl adjacent to an activating group) is 1. The predicted molar refractivity (Wildman–Crippen MR) is 74.9 cm³/mol. The van der Waals surface area contributed by atoms with Gasteiger partial charge in [0.25, 0.3) is 5.91 Å². The number of fused-ring (bicyclic) bond motifs is 1. The minimum absolute atomic E-state index is 0.154. The molecule has 6 heteroatoms. The minimum atomic E-state index is -0.154. The van der Waals surface area contributed by atoms with Crippen LogP contribution in [-0.4, -0.2) is 45.9 Å². The van der Waals surface area contributed by atoms with E-state index in [1.54, 1.807) is 19.2 Å². The predicted octanol–water partition coefficient (Wildman–Crippen LogP) is 0.806. The van der Waals surface area contributed by atoms with E-state index in [-0.39, 0.29) is 5.91 Å². The molecule has 2 N–H and O–H groups in total. The van der Waals surface area contributed by atoms with Crippen LogP contribution < -0.4 is 24.8 Å². The summed E-state index contributed by atoms with van der Waals surface area (Å²) in [4.78, 5) is 12.1. The second-order valence-electron chi connectivity index (χ2n) is 4.31. The molecule has 0 saturated carbocycles. The quantitative estimate of drug-likeness (QED) is 0.755. The van der Waals surface area contributed by atoms with Gasteiger partial charge in [0.05, 0.1) is 7.11 Å². The number of carbonyl (C=O) groups excluding carboxylic acids is 1. The van der Waals surface area contributed by atoms with E-state index in [0.29, 0.717) is 42.6 Å². The normalized spacial score (nSPS) is 12.9. The number of ether oxygens (including phenoxy) is 3. The van der Waals surface area contributed by atoms with Gasteiger partial charge in [0, 0.05) is 18.7 Å². The molecule has 0 unspecified atom stereocenters. The molecule has 2 rings (SSSR count). The lowest BCUT2D eigenvalue weighted by Crippen LogP contribution is -2.31. The molecule has 20 heavy (non-hydrogen) atoms. The Morgan fingerprint density at radius 3 is 2.85 bits per heavy atom. The summed E-state index contributed by atoms with van der Waals surface area (Å²) in [5, 5.41) is 5.98. The Morgan fingerprint density at radius 2 is 2.10 bits per heavy atom. The molecular formula is C14H20N2O4. The summed E-state index contributed by atoms with van der Waals surface area (Å²) in [6.45, 7) is 5.17. The number of benzene rings is 1. The maximum atomic E-state index is 12.1. The highest BCUT2D eigenvalue weighted by Gasteiger charge is 2.20. The van der Waals surface area contributed by atoms with Crippen molar-refractivity contribution in [1.82, 2.24) is 10.6 Å². The maximum Gasteiger partial charge on any atom is 0.251 e. The molecule has 0 aromatic heterocycles. The van der Waals surface area contributed by atoms with Crippen LogP contribution >= 0.6 is 0 Å². The van der Waals surface area contributed by atoms with Crippen molar-refractivity contribution in [3.8, 4) is 17.2 Å². The van der Waals surface area contributed by atoms with E-state index in [2.05, 4.69) is 10.6 Å². The van der Waals surface area contributed by atoms with Crippen LogP contribution in [0.2, 0.25) is 0 Å². The Hall–Kier alpha value is -1.95. The molecule has 0 saturated heterocycles. The molecule has 0 bridgehead atoms. The van der Waals surface area contributed by atoms with E-state index in [4.69, 9.17) is 14.2 Å². The first-order valence-corrected chi connectivity index (χ1v) is 6.72. The van der Waals surface area contributed by atoms with Crippen molar-refractivity contribution in [2.75, 3.05) is 40.0 Å². The third kappa shape index (κ3) is 3.33. The summed E-state index contributed by atoms with van der Waals surface area (Å²) >= 11 is 0. The summed E-state index contributed by atoms with van der Waals surface area (Å²) in [5.41, 5.74) is 0.502. The molecular weight excluding hydrogens is 260 g/mol. The highest BCUT2D eigenvalue weighted by atomic mass is 16.6. The average Bonchev–Trinajstić information content (AvgIpc) is 2.50. The SMILES string of the molecule is CCNCCNC(=O)c1cc(OC)c2c(c1)OCCO2. The molecule has 1 aromatic rings. The van der Waals surface area contributed by atoms with E-state index in [0.717, 1.165) is 13.1 Å². The maximum absolute atomic E-state index is 12.1. The average molecular weight is 280 g/mol. The van der Waals surface area contributed by atoms with Gasteiger partial charge >= 0.3 is 0 Å². The van der Waals surface area contributed by atoms with Gasteiger partial charge < -0.3 is 24.8 Å². The smallest absolute Gasteiger partial charge is 0.251 e. The second-order valence-corrected chi connectivity index (χ2v) is 4.31. The van der Waals surface area contributed by atoms with Crippen molar-refractivity contribution >= 4 is 5.91 Å². The molecule has 110 valence electrons. The standard InChI is InChI=1S/C14H20N2O4/c1-3-15-4-5-16-14(17)10-8-11(18-2)13-12(9-10)19-6-7-20-13/h8-9,15H,3-7H2,1-2H3,(H,16,17). The van der Waals surface area contributed by atoms with Crippen molar-refractivity contribution in [2.24, 2.45) is 0 Å². The van der Waals surface area contributed by atoms with Crippen LogP contribution in [0, 0.1) is 0 Å². The van der Waals surface area contributed by atoms with Gasteiger partial charge in [-0.3, -0.25) is 4.79 Å². The summed E-state index contributed by atoms with van der Waals surface area (Å²) < 4.78 is 16.3. The number of methoxy groups -OCH3 is 1. The largest absolute Gasteiger partial charge is 0.493 e. The number of hydrogen-bond donors (Lipinski definition) is 2. The summed E-state index contributed by atoms with van der Waals surface area (Å²) in [7, 11) is 1.54. The van der Waals surface area contributed by atoms with Gasteiger partial charge in [-0.25, -0.2) is 0 Å². The number of rotatable bonds is 6. The lowest BCUT2D eigenvalue weighted by atomic mass is 10.1. The molecule has 1 aromatic carbocycles. The Balaban J connectivity index is 2.09.